The zero-order valence-corrected chi connectivity index (χ0v) is 12.1. The molecule has 0 spiro atoms. The molecule has 1 aromatic rings. The first kappa shape index (κ1) is 15.6. The standard InChI is InChI=1S/C12H19N3O3S/c1-10(18-9-8-15(2)3)14-11-4-6-12(7-5-11)19(13,16)17/h4-7H,8-9H2,1-3H3,(H2,13,16,17). The maximum atomic E-state index is 11.1. The molecule has 106 valence electrons. The molecule has 19 heavy (non-hydrogen) atoms. The molecule has 0 fully saturated rings. The molecule has 0 saturated carbocycles. The highest BCUT2D eigenvalue weighted by molar-refractivity contribution is 7.89. The molecule has 0 unspecified atom stereocenters. The highest BCUT2D eigenvalue weighted by Gasteiger charge is 2.06. The normalized spacial score (nSPS) is 12.8. The lowest BCUT2D eigenvalue weighted by molar-refractivity contribution is 0.250. The van der Waals surface area contributed by atoms with Gasteiger partial charge in [-0.25, -0.2) is 18.5 Å². The Morgan fingerprint density at radius 2 is 1.89 bits per heavy atom. The fourth-order valence-corrected chi connectivity index (χ4v) is 1.82. The van der Waals surface area contributed by atoms with E-state index in [-0.39, 0.29) is 4.90 Å². The van der Waals surface area contributed by atoms with Gasteiger partial charge in [-0.1, -0.05) is 0 Å². The summed E-state index contributed by atoms with van der Waals surface area (Å²) in [5.41, 5.74) is 0.620. The van der Waals surface area contributed by atoms with Gasteiger partial charge < -0.3 is 9.64 Å². The predicted molar refractivity (Wildman–Crippen MR) is 75.1 cm³/mol. The lowest BCUT2D eigenvalue weighted by atomic mass is 10.3. The summed E-state index contributed by atoms with van der Waals surface area (Å²) in [5.74, 6) is 0.533. The summed E-state index contributed by atoms with van der Waals surface area (Å²) < 4.78 is 27.6. The maximum absolute atomic E-state index is 11.1. The number of likely N-dealkylation sites (N-methyl/N-ethyl adjacent to an activating group) is 1. The van der Waals surface area contributed by atoms with Gasteiger partial charge in [-0.05, 0) is 38.4 Å². The summed E-state index contributed by atoms with van der Waals surface area (Å²) in [6.45, 7) is 3.11. The molecule has 0 bridgehead atoms. The van der Waals surface area contributed by atoms with Gasteiger partial charge in [-0.15, -0.1) is 0 Å². The van der Waals surface area contributed by atoms with E-state index in [9.17, 15) is 8.42 Å². The number of nitrogens with zero attached hydrogens (tertiary/aromatic N) is 2. The van der Waals surface area contributed by atoms with Gasteiger partial charge in [0.05, 0.1) is 10.6 Å². The summed E-state index contributed by atoms with van der Waals surface area (Å²) in [6, 6.07) is 6.00. The number of hydrogen-bond acceptors (Lipinski definition) is 5. The van der Waals surface area contributed by atoms with E-state index in [4.69, 9.17) is 9.88 Å². The number of hydrogen-bond donors (Lipinski definition) is 1. The molecule has 0 aliphatic heterocycles. The first-order valence-electron chi connectivity index (χ1n) is 5.75. The van der Waals surface area contributed by atoms with E-state index in [1.165, 1.54) is 12.1 Å². The third-order valence-corrected chi connectivity index (χ3v) is 3.23. The Labute approximate surface area is 113 Å². The average Bonchev–Trinajstić information content (AvgIpc) is 2.27. The molecule has 2 N–H and O–H groups in total. The van der Waals surface area contributed by atoms with Crippen LogP contribution in [0.15, 0.2) is 34.2 Å². The molecule has 0 atom stereocenters. The lowest BCUT2D eigenvalue weighted by Gasteiger charge is -2.10. The van der Waals surface area contributed by atoms with Crippen molar-refractivity contribution in [3.63, 3.8) is 0 Å². The molecule has 6 nitrogen and oxygen atoms in total. The van der Waals surface area contributed by atoms with Crippen molar-refractivity contribution in [2.45, 2.75) is 11.8 Å². The molecular formula is C12H19N3O3S. The molecule has 0 heterocycles. The molecule has 1 aromatic carbocycles. The van der Waals surface area contributed by atoms with Crippen LogP contribution in [0.25, 0.3) is 0 Å². The van der Waals surface area contributed by atoms with Crippen molar-refractivity contribution < 1.29 is 13.2 Å². The van der Waals surface area contributed by atoms with Gasteiger partial charge in [-0.3, -0.25) is 0 Å². The van der Waals surface area contributed by atoms with Crippen LogP contribution in [0.5, 0.6) is 0 Å². The Bertz CT molecular complexity index is 536. The van der Waals surface area contributed by atoms with Crippen LogP contribution >= 0.6 is 0 Å². The smallest absolute Gasteiger partial charge is 0.238 e. The highest BCUT2D eigenvalue weighted by Crippen LogP contribution is 2.15. The molecule has 0 saturated heterocycles. The van der Waals surface area contributed by atoms with Crippen molar-refractivity contribution in [3.8, 4) is 0 Å². The monoisotopic (exact) mass is 285 g/mol. The molecule has 7 heteroatoms. The van der Waals surface area contributed by atoms with Gasteiger partial charge >= 0.3 is 0 Å². The van der Waals surface area contributed by atoms with Crippen LogP contribution in [0, 0.1) is 0 Å². The Balaban J connectivity index is 2.66. The molecule has 0 radical (unpaired) electrons. The van der Waals surface area contributed by atoms with Gasteiger partial charge in [0.2, 0.25) is 10.0 Å². The van der Waals surface area contributed by atoms with Gasteiger partial charge in [0, 0.05) is 13.5 Å². The number of nitrogens with two attached hydrogens (primary N) is 1. The van der Waals surface area contributed by atoms with Crippen LogP contribution in [0.3, 0.4) is 0 Å². The molecule has 0 aliphatic rings. The van der Waals surface area contributed by atoms with E-state index in [1.54, 1.807) is 19.1 Å². The summed E-state index contributed by atoms with van der Waals surface area (Å²) in [4.78, 5) is 6.29. The Morgan fingerprint density at radius 3 is 2.37 bits per heavy atom. The second-order valence-electron chi connectivity index (χ2n) is 4.32. The van der Waals surface area contributed by atoms with E-state index >= 15 is 0 Å². The van der Waals surface area contributed by atoms with Crippen molar-refractivity contribution >= 4 is 21.6 Å². The van der Waals surface area contributed by atoms with E-state index < -0.39 is 10.0 Å². The number of primary sulfonamides is 1. The first-order valence-corrected chi connectivity index (χ1v) is 7.29. The largest absolute Gasteiger partial charge is 0.480 e. The molecule has 0 amide bonds. The minimum Gasteiger partial charge on any atom is -0.480 e. The Hall–Kier alpha value is -1.44. The zero-order valence-electron chi connectivity index (χ0n) is 11.3. The first-order chi connectivity index (χ1) is 8.79. The third kappa shape index (κ3) is 5.82. The molecule has 1 rings (SSSR count). The Morgan fingerprint density at radius 1 is 1.32 bits per heavy atom. The van der Waals surface area contributed by atoms with Crippen LogP contribution in [0.1, 0.15) is 6.92 Å². The number of sulfonamides is 1. The fraction of sp³-hybridized carbons (Fsp3) is 0.417. The summed E-state index contributed by atoms with van der Waals surface area (Å²) in [6.07, 6.45) is 0. The summed E-state index contributed by atoms with van der Waals surface area (Å²) >= 11 is 0. The van der Waals surface area contributed by atoms with Gasteiger partial charge in [0.15, 0.2) is 5.90 Å². The van der Waals surface area contributed by atoms with Crippen molar-refractivity contribution in [1.82, 2.24) is 4.90 Å². The predicted octanol–water partition coefficient (Wildman–Crippen LogP) is 0.962. The van der Waals surface area contributed by atoms with E-state index in [2.05, 4.69) is 4.99 Å². The lowest BCUT2D eigenvalue weighted by Crippen LogP contribution is -2.19. The quantitative estimate of drug-likeness (QED) is 0.645. The van der Waals surface area contributed by atoms with E-state index in [0.29, 0.717) is 18.2 Å². The zero-order chi connectivity index (χ0) is 14.5. The molecule has 0 aliphatic carbocycles. The number of aliphatic imine (C=N–C) groups is 1. The SMILES string of the molecule is CC(=Nc1ccc(S(N)(=O)=O)cc1)OCCN(C)C. The van der Waals surface area contributed by atoms with Crippen LogP contribution in [0.4, 0.5) is 5.69 Å². The van der Waals surface area contributed by atoms with Crippen molar-refractivity contribution in [2.24, 2.45) is 10.1 Å². The summed E-state index contributed by atoms with van der Waals surface area (Å²) in [5, 5.41) is 5.01. The van der Waals surface area contributed by atoms with Gasteiger partial charge in [0.25, 0.3) is 0 Å². The van der Waals surface area contributed by atoms with Crippen LogP contribution < -0.4 is 5.14 Å². The Kier molecular flexibility index (Phi) is 5.46. The van der Waals surface area contributed by atoms with Crippen molar-refractivity contribution in [2.75, 3.05) is 27.2 Å². The average molecular weight is 285 g/mol. The number of benzene rings is 1. The second-order valence-corrected chi connectivity index (χ2v) is 5.88. The van der Waals surface area contributed by atoms with Crippen molar-refractivity contribution in [3.05, 3.63) is 24.3 Å². The van der Waals surface area contributed by atoms with Gasteiger partial charge in [0.1, 0.15) is 6.61 Å². The van der Waals surface area contributed by atoms with E-state index in [1.807, 2.05) is 19.0 Å². The second kappa shape index (κ2) is 6.65. The molecule has 0 aromatic heterocycles. The summed E-state index contributed by atoms with van der Waals surface area (Å²) in [7, 11) is 0.263. The number of rotatable bonds is 5. The minimum atomic E-state index is -3.66. The van der Waals surface area contributed by atoms with Crippen molar-refractivity contribution in [1.29, 1.82) is 0 Å². The maximum Gasteiger partial charge on any atom is 0.238 e. The van der Waals surface area contributed by atoms with Crippen LogP contribution in [-0.2, 0) is 14.8 Å². The van der Waals surface area contributed by atoms with E-state index in [0.717, 1.165) is 6.54 Å². The molecular weight excluding hydrogens is 266 g/mol. The third-order valence-electron chi connectivity index (χ3n) is 2.30. The number of ether oxygens (including phenoxy) is 1. The fourth-order valence-electron chi connectivity index (χ4n) is 1.30. The highest BCUT2D eigenvalue weighted by atomic mass is 32.2. The topological polar surface area (TPSA) is 85.0 Å². The van der Waals surface area contributed by atoms with Crippen LogP contribution in [-0.4, -0.2) is 46.5 Å². The minimum absolute atomic E-state index is 0.0672. The van der Waals surface area contributed by atoms with Crippen LogP contribution in [0.2, 0.25) is 0 Å². The van der Waals surface area contributed by atoms with Gasteiger partial charge in [-0.2, -0.15) is 0 Å².